The highest BCUT2D eigenvalue weighted by atomic mass is 35.5. The standard InChI is InChI=1S/C12H10Cl2N2O2/c1-17-10-3-2-8(15)5-11(10)18-12-9(14)4-7(13)6-16-12/h2-6H,15H2,1H3. The minimum Gasteiger partial charge on any atom is -0.493 e. The molecule has 2 rings (SSSR count). The summed E-state index contributed by atoms with van der Waals surface area (Å²) in [4.78, 5) is 4.00. The second-order valence-electron chi connectivity index (χ2n) is 3.45. The van der Waals surface area contributed by atoms with Gasteiger partial charge in [-0.15, -0.1) is 0 Å². The lowest BCUT2D eigenvalue weighted by Crippen LogP contribution is -1.94. The van der Waals surface area contributed by atoms with Crippen LogP contribution in [0.15, 0.2) is 30.5 Å². The maximum absolute atomic E-state index is 5.97. The average Bonchev–Trinajstić information content (AvgIpc) is 2.33. The third-order valence-electron chi connectivity index (χ3n) is 2.17. The Bertz CT molecular complexity index is 576. The average molecular weight is 285 g/mol. The Morgan fingerprint density at radius 2 is 1.94 bits per heavy atom. The molecule has 2 N–H and O–H groups in total. The minimum atomic E-state index is 0.241. The van der Waals surface area contributed by atoms with Crippen LogP contribution in [0, 0.1) is 0 Å². The van der Waals surface area contributed by atoms with Crippen molar-refractivity contribution in [3.8, 4) is 17.4 Å². The number of hydrogen-bond acceptors (Lipinski definition) is 4. The topological polar surface area (TPSA) is 57.4 Å². The molecular formula is C12H10Cl2N2O2. The second-order valence-corrected chi connectivity index (χ2v) is 4.30. The van der Waals surface area contributed by atoms with Gasteiger partial charge in [-0.2, -0.15) is 0 Å². The molecule has 0 amide bonds. The van der Waals surface area contributed by atoms with Gasteiger partial charge >= 0.3 is 0 Å². The summed E-state index contributed by atoms with van der Waals surface area (Å²) in [7, 11) is 1.54. The summed E-state index contributed by atoms with van der Waals surface area (Å²) in [6.45, 7) is 0. The molecule has 2 aromatic rings. The number of anilines is 1. The Labute approximate surface area is 114 Å². The summed E-state index contributed by atoms with van der Waals surface area (Å²) >= 11 is 11.7. The smallest absolute Gasteiger partial charge is 0.238 e. The van der Waals surface area contributed by atoms with Gasteiger partial charge in [0.25, 0.3) is 0 Å². The van der Waals surface area contributed by atoms with Gasteiger partial charge in [0.15, 0.2) is 11.5 Å². The lowest BCUT2D eigenvalue weighted by molar-refractivity contribution is 0.374. The largest absolute Gasteiger partial charge is 0.493 e. The monoisotopic (exact) mass is 284 g/mol. The van der Waals surface area contributed by atoms with Crippen molar-refractivity contribution < 1.29 is 9.47 Å². The van der Waals surface area contributed by atoms with Gasteiger partial charge in [0, 0.05) is 18.0 Å². The van der Waals surface area contributed by atoms with E-state index in [-0.39, 0.29) is 5.88 Å². The van der Waals surface area contributed by atoms with Crippen molar-refractivity contribution in [2.75, 3.05) is 12.8 Å². The molecule has 0 aliphatic heterocycles. The van der Waals surface area contributed by atoms with Crippen molar-refractivity contribution >= 4 is 28.9 Å². The number of halogens is 2. The first kappa shape index (κ1) is 12.8. The van der Waals surface area contributed by atoms with Crippen molar-refractivity contribution in [2.24, 2.45) is 0 Å². The van der Waals surface area contributed by atoms with E-state index in [0.717, 1.165) is 0 Å². The molecular weight excluding hydrogens is 275 g/mol. The number of ether oxygens (including phenoxy) is 2. The van der Waals surface area contributed by atoms with E-state index in [0.29, 0.717) is 27.2 Å². The van der Waals surface area contributed by atoms with Crippen LogP contribution >= 0.6 is 23.2 Å². The van der Waals surface area contributed by atoms with Gasteiger partial charge in [-0.1, -0.05) is 23.2 Å². The molecule has 0 saturated carbocycles. The number of methoxy groups -OCH3 is 1. The lowest BCUT2D eigenvalue weighted by Gasteiger charge is -2.11. The van der Waals surface area contributed by atoms with Crippen LogP contribution in [0.1, 0.15) is 0 Å². The van der Waals surface area contributed by atoms with Crippen LogP contribution < -0.4 is 15.2 Å². The zero-order chi connectivity index (χ0) is 13.1. The predicted molar refractivity (Wildman–Crippen MR) is 71.7 cm³/mol. The summed E-state index contributed by atoms with van der Waals surface area (Å²) < 4.78 is 10.7. The number of nitrogen functional groups attached to an aromatic ring is 1. The molecule has 0 unspecified atom stereocenters. The highest BCUT2D eigenvalue weighted by Crippen LogP contribution is 2.35. The third-order valence-corrected chi connectivity index (χ3v) is 2.65. The fraction of sp³-hybridized carbons (Fsp3) is 0.0833. The highest BCUT2D eigenvalue weighted by Gasteiger charge is 2.10. The van der Waals surface area contributed by atoms with Gasteiger partial charge in [-0.05, 0) is 18.2 Å². The molecule has 1 heterocycles. The van der Waals surface area contributed by atoms with Crippen molar-refractivity contribution in [1.29, 1.82) is 0 Å². The minimum absolute atomic E-state index is 0.241. The molecule has 0 atom stereocenters. The van der Waals surface area contributed by atoms with Crippen LogP contribution in [0.4, 0.5) is 5.69 Å². The fourth-order valence-corrected chi connectivity index (χ4v) is 1.77. The summed E-state index contributed by atoms with van der Waals surface area (Å²) in [5, 5.41) is 0.749. The maximum atomic E-state index is 5.97. The zero-order valence-electron chi connectivity index (χ0n) is 9.48. The van der Waals surface area contributed by atoms with Crippen molar-refractivity contribution in [2.45, 2.75) is 0 Å². The number of aromatic nitrogens is 1. The van der Waals surface area contributed by atoms with Gasteiger partial charge in [0.1, 0.15) is 5.02 Å². The molecule has 0 saturated heterocycles. The predicted octanol–water partition coefficient (Wildman–Crippen LogP) is 3.77. The van der Waals surface area contributed by atoms with Crippen LogP contribution in [0.3, 0.4) is 0 Å². The normalized spacial score (nSPS) is 10.2. The van der Waals surface area contributed by atoms with Crippen LogP contribution in [-0.4, -0.2) is 12.1 Å². The Morgan fingerprint density at radius 1 is 1.17 bits per heavy atom. The van der Waals surface area contributed by atoms with E-state index >= 15 is 0 Å². The molecule has 0 bridgehead atoms. The van der Waals surface area contributed by atoms with Gasteiger partial charge in [-0.3, -0.25) is 0 Å². The first-order valence-electron chi connectivity index (χ1n) is 5.02. The Hall–Kier alpha value is -1.65. The molecule has 6 heteroatoms. The molecule has 0 aliphatic carbocycles. The molecule has 18 heavy (non-hydrogen) atoms. The van der Waals surface area contributed by atoms with Crippen molar-refractivity contribution in [3.63, 3.8) is 0 Å². The maximum Gasteiger partial charge on any atom is 0.238 e. The second kappa shape index (κ2) is 5.33. The SMILES string of the molecule is COc1ccc(N)cc1Oc1ncc(Cl)cc1Cl. The number of nitrogens with two attached hydrogens (primary N) is 1. The molecule has 0 aliphatic rings. The Kier molecular flexibility index (Phi) is 3.79. The number of hydrogen-bond donors (Lipinski definition) is 1. The summed E-state index contributed by atoms with van der Waals surface area (Å²) in [5.41, 5.74) is 6.24. The van der Waals surface area contributed by atoms with E-state index in [1.54, 1.807) is 24.3 Å². The van der Waals surface area contributed by atoms with Gasteiger partial charge in [0.2, 0.25) is 5.88 Å². The van der Waals surface area contributed by atoms with Crippen molar-refractivity contribution in [3.05, 3.63) is 40.5 Å². The molecule has 4 nitrogen and oxygen atoms in total. The van der Waals surface area contributed by atoms with Crippen molar-refractivity contribution in [1.82, 2.24) is 4.98 Å². The number of pyridine rings is 1. The van der Waals surface area contributed by atoms with E-state index < -0.39 is 0 Å². The summed E-state index contributed by atoms with van der Waals surface area (Å²) in [6.07, 6.45) is 1.45. The van der Waals surface area contributed by atoms with Crippen LogP contribution in [0.25, 0.3) is 0 Å². The molecule has 1 aromatic carbocycles. The zero-order valence-corrected chi connectivity index (χ0v) is 11.0. The lowest BCUT2D eigenvalue weighted by atomic mass is 10.3. The van der Waals surface area contributed by atoms with E-state index in [2.05, 4.69) is 4.98 Å². The molecule has 0 radical (unpaired) electrons. The summed E-state index contributed by atoms with van der Waals surface area (Å²) in [5.74, 6) is 1.22. The van der Waals surface area contributed by atoms with E-state index in [4.69, 9.17) is 38.4 Å². The fourth-order valence-electron chi connectivity index (χ4n) is 1.35. The van der Waals surface area contributed by atoms with Crippen LogP contribution in [0.2, 0.25) is 10.0 Å². The molecule has 0 spiro atoms. The van der Waals surface area contributed by atoms with Gasteiger partial charge < -0.3 is 15.2 Å². The molecule has 1 aromatic heterocycles. The first-order chi connectivity index (χ1) is 8.60. The first-order valence-corrected chi connectivity index (χ1v) is 5.78. The quantitative estimate of drug-likeness (QED) is 0.872. The van der Waals surface area contributed by atoms with Gasteiger partial charge in [-0.25, -0.2) is 4.98 Å². The van der Waals surface area contributed by atoms with E-state index in [1.165, 1.54) is 13.3 Å². The highest BCUT2D eigenvalue weighted by molar-refractivity contribution is 6.35. The Balaban J connectivity index is 2.36. The number of rotatable bonds is 3. The van der Waals surface area contributed by atoms with E-state index in [1.807, 2.05) is 0 Å². The number of nitrogens with zero attached hydrogens (tertiary/aromatic N) is 1. The number of benzene rings is 1. The third kappa shape index (κ3) is 2.78. The van der Waals surface area contributed by atoms with Crippen LogP contribution in [-0.2, 0) is 0 Å². The summed E-state index contributed by atoms with van der Waals surface area (Å²) in [6, 6.07) is 6.59. The van der Waals surface area contributed by atoms with Crippen LogP contribution in [0.5, 0.6) is 17.4 Å². The Morgan fingerprint density at radius 3 is 2.61 bits per heavy atom. The molecule has 0 fully saturated rings. The van der Waals surface area contributed by atoms with Gasteiger partial charge in [0.05, 0.1) is 12.1 Å². The molecule has 94 valence electrons. The van der Waals surface area contributed by atoms with E-state index in [9.17, 15) is 0 Å².